The number of rotatable bonds is 10. The van der Waals surface area contributed by atoms with Crippen molar-refractivity contribution >= 4 is 41.2 Å². The van der Waals surface area contributed by atoms with Crippen LogP contribution >= 0.6 is 11.6 Å². The number of ketones is 1. The largest absolute Gasteiger partial charge is 0.497 e. The number of carbonyl (C=O) groups excluding carboxylic acids is 4. The van der Waals surface area contributed by atoms with Gasteiger partial charge in [0.25, 0.3) is 11.8 Å². The van der Waals surface area contributed by atoms with Crippen molar-refractivity contribution in [2.75, 3.05) is 20.3 Å². The highest BCUT2D eigenvalue weighted by Crippen LogP contribution is 2.14. The van der Waals surface area contributed by atoms with E-state index in [4.69, 9.17) is 21.1 Å². The molecular formula is C27H23ClN2O6. The zero-order valence-corrected chi connectivity index (χ0v) is 20.1. The number of esters is 1. The van der Waals surface area contributed by atoms with Crippen molar-refractivity contribution < 1.29 is 28.7 Å². The van der Waals surface area contributed by atoms with E-state index in [0.717, 1.165) is 0 Å². The third-order valence-electron chi connectivity index (χ3n) is 4.88. The minimum Gasteiger partial charge on any atom is -0.497 e. The van der Waals surface area contributed by atoms with Crippen molar-refractivity contribution in [3.05, 3.63) is 106 Å². The molecule has 3 aromatic rings. The molecule has 3 aromatic carbocycles. The number of benzene rings is 3. The first kappa shape index (κ1) is 26.2. The van der Waals surface area contributed by atoms with Gasteiger partial charge in [-0.3, -0.25) is 19.2 Å². The molecule has 0 radical (unpaired) electrons. The van der Waals surface area contributed by atoms with Gasteiger partial charge in [-0.1, -0.05) is 41.9 Å². The zero-order valence-electron chi connectivity index (χ0n) is 19.3. The third-order valence-corrected chi connectivity index (χ3v) is 5.13. The first-order valence-electron chi connectivity index (χ1n) is 10.8. The molecule has 8 nitrogen and oxygen atoms in total. The van der Waals surface area contributed by atoms with Crippen LogP contribution in [-0.2, 0) is 14.3 Å². The number of halogens is 1. The van der Waals surface area contributed by atoms with Crippen LogP contribution in [0.5, 0.6) is 5.75 Å². The van der Waals surface area contributed by atoms with E-state index in [9.17, 15) is 19.2 Å². The second-order valence-corrected chi connectivity index (χ2v) is 7.86. The van der Waals surface area contributed by atoms with Crippen LogP contribution < -0.4 is 15.4 Å². The molecule has 0 atom stereocenters. The Labute approximate surface area is 212 Å². The van der Waals surface area contributed by atoms with Crippen LogP contribution in [0.2, 0.25) is 5.02 Å². The summed E-state index contributed by atoms with van der Waals surface area (Å²) < 4.78 is 10.1. The summed E-state index contributed by atoms with van der Waals surface area (Å²) in [5.74, 6) is -1.81. The summed E-state index contributed by atoms with van der Waals surface area (Å²) in [6.45, 7) is -0.997. The van der Waals surface area contributed by atoms with Crippen molar-refractivity contribution in [3.63, 3.8) is 0 Å². The topological polar surface area (TPSA) is 111 Å². The Hall–Kier alpha value is -4.43. The van der Waals surface area contributed by atoms with Crippen LogP contribution in [0.3, 0.4) is 0 Å². The van der Waals surface area contributed by atoms with Gasteiger partial charge in [-0.05, 0) is 60.2 Å². The highest BCUT2D eigenvalue weighted by molar-refractivity contribution is 6.30. The monoisotopic (exact) mass is 506 g/mol. The normalized spacial score (nSPS) is 10.8. The van der Waals surface area contributed by atoms with Gasteiger partial charge in [0.05, 0.1) is 7.11 Å². The maximum atomic E-state index is 12.8. The van der Waals surface area contributed by atoms with Crippen LogP contribution in [0.15, 0.2) is 84.6 Å². The summed E-state index contributed by atoms with van der Waals surface area (Å²) in [6, 6.07) is 21.3. The van der Waals surface area contributed by atoms with E-state index >= 15 is 0 Å². The van der Waals surface area contributed by atoms with E-state index in [1.54, 1.807) is 66.7 Å². The van der Waals surface area contributed by atoms with Gasteiger partial charge >= 0.3 is 5.97 Å². The average molecular weight is 507 g/mol. The third kappa shape index (κ3) is 7.82. The second-order valence-electron chi connectivity index (χ2n) is 7.42. The van der Waals surface area contributed by atoms with Gasteiger partial charge in [-0.15, -0.1) is 0 Å². The van der Waals surface area contributed by atoms with Gasteiger partial charge in [-0.2, -0.15) is 0 Å². The van der Waals surface area contributed by atoms with E-state index < -0.39 is 36.7 Å². The highest BCUT2D eigenvalue weighted by Gasteiger charge is 2.17. The van der Waals surface area contributed by atoms with Crippen molar-refractivity contribution in [2.24, 2.45) is 0 Å². The average Bonchev–Trinajstić information content (AvgIpc) is 2.91. The minimum absolute atomic E-state index is 0.0842. The number of hydrogen-bond donors (Lipinski definition) is 2. The fourth-order valence-electron chi connectivity index (χ4n) is 2.97. The van der Waals surface area contributed by atoms with E-state index in [1.165, 1.54) is 25.3 Å². The predicted octanol–water partition coefficient (Wildman–Crippen LogP) is 3.66. The summed E-state index contributed by atoms with van der Waals surface area (Å²) >= 11 is 5.80. The smallest absolute Gasteiger partial charge is 0.325 e. The Kier molecular flexibility index (Phi) is 9.36. The second kappa shape index (κ2) is 12.9. The highest BCUT2D eigenvalue weighted by atomic mass is 35.5. The van der Waals surface area contributed by atoms with Crippen LogP contribution in [0.1, 0.15) is 26.3 Å². The summed E-state index contributed by atoms with van der Waals surface area (Å²) in [7, 11) is 1.53. The molecule has 0 fully saturated rings. The van der Waals surface area contributed by atoms with Crippen LogP contribution in [-0.4, -0.2) is 43.8 Å². The van der Waals surface area contributed by atoms with Gasteiger partial charge in [0.1, 0.15) is 18.0 Å². The maximum Gasteiger partial charge on any atom is 0.325 e. The van der Waals surface area contributed by atoms with Gasteiger partial charge < -0.3 is 20.1 Å². The van der Waals surface area contributed by atoms with E-state index in [-0.39, 0.29) is 5.70 Å². The molecule has 9 heteroatoms. The van der Waals surface area contributed by atoms with Crippen molar-refractivity contribution in [1.82, 2.24) is 10.6 Å². The number of ether oxygens (including phenoxy) is 2. The fraction of sp³-hybridized carbons (Fsp3) is 0.111. The number of Topliss-reactive ketones (excluding diaryl/α,β-unsaturated/α-hetero) is 1. The number of hydrogen-bond acceptors (Lipinski definition) is 6. The fourth-order valence-corrected chi connectivity index (χ4v) is 3.10. The van der Waals surface area contributed by atoms with E-state index in [0.29, 0.717) is 27.5 Å². The first-order valence-corrected chi connectivity index (χ1v) is 11.2. The summed E-state index contributed by atoms with van der Waals surface area (Å²) in [6.07, 6.45) is 1.46. The SMILES string of the molecule is COc1ccc(/C=C(/NC(=O)c2ccccc2)C(=O)NCC(=O)OCC(=O)c2ccc(Cl)cc2)cc1. The zero-order chi connectivity index (χ0) is 25.9. The molecule has 0 saturated heterocycles. The lowest BCUT2D eigenvalue weighted by atomic mass is 10.1. The molecule has 0 aliphatic rings. The number of methoxy groups -OCH3 is 1. The molecule has 2 amide bonds. The predicted molar refractivity (Wildman–Crippen MR) is 135 cm³/mol. The number of amides is 2. The number of nitrogens with one attached hydrogen (secondary N) is 2. The van der Waals surface area contributed by atoms with Gasteiger partial charge in [0, 0.05) is 16.1 Å². The molecule has 0 aromatic heterocycles. The molecule has 2 N–H and O–H groups in total. The lowest BCUT2D eigenvalue weighted by Crippen LogP contribution is -2.38. The quantitative estimate of drug-likeness (QED) is 0.247. The molecule has 0 aliphatic heterocycles. The molecule has 184 valence electrons. The molecule has 3 rings (SSSR count). The Morgan fingerprint density at radius 2 is 1.53 bits per heavy atom. The van der Waals surface area contributed by atoms with Crippen molar-refractivity contribution in [1.29, 1.82) is 0 Å². The van der Waals surface area contributed by atoms with E-state index in [1.807, 2.05) is 0 Å². The Morgan fingerprint density at radius 3 is 2.17 bits per heavy atom. The molecule has 36 heavy (non-hydrogen) atoms. The van der Waals surface area contributed by atoms with Gasteiger partial charge in [0.15, 0.2) is 12.4 Å². The summed E-state index contributed by atoms with van der Waals surface area (Å²) in [5.41, 5.74) is 1.22. The Bertz CT molecular complexity index is 1260. The van der Waals surface area contributed by atoms with Crippen LogP contribution in [0.25, 0.3) is 6.08 Å². The molecule has 0 spiro atoms. The van der Waals surface area contributed by atoms with Crippen LogP contribution in [0, 0.1) is 0 Å². The van der Waals surface area contributed by atoms with Crippen LogP contribution in [0.4, 0.5) is 0 Å². The number of carbonyl (C=O) groups is 4. The van der Waals surface area contributed by atoms with Gasteiger partial charge in [0.2, 0.25) is 0 Å². The molecule has 0 saturated carbocycles. The summed E-state index contributed by atoms with van der Waals surface area (Å²) in [5, 5.41) is 5.45. The van der Waals surface area contributed by atoms with Crippen molar-refractivity contribution in [2.45, 2.75) is 0 Å². The van der Waals surface area contributed by atoms with Gasteiger partial charge in [-0.25, -0.2) is 0 Å². The first-order chi connectivity index (χ1) is 17.4. The lowest BCUT2D eigenvalue weighted by Gasteiger charge is -2.11. The standard InChI is InChI=1S/C27H23ClN2O6/c1-35-22-13-7-18(8-14-22)15-23(30-26(33)20-5-3-2-4-6-20)27(34)29-16-25(32)36-17-24(31)19-9-11-21(28)12-10-19/h2-15H,16-17H2,1H3,(H,29,34)(H,30,33)/b23-15+. The summed E-state index contributed by atoms with van der Waals surface area (Å²) in [4.78, 5) is 49.7. The maximum absolute atomic E-state index is 12.8. The van der Waals surface area contributed by atoms with E-state index in [2.05, 4.69) is 10.6 Å². The van der Waals surface area contributed by atoms with Crippen molar-refractivity contribution in [3.8, 4) is 5.75 Å². The lowest BCUT2D eigenvalue weighted by molar-refractivity contribution is -0.142. The molecule has 0 bridgehead atoms. The Balaban J connectivity index is 1.64. The minimum atomic E-state index is -0.816. The molecule has 0 aliphatic carbocycles. The molecular weight excluding hydrogens is 484 g/mol. The molecule has 0 unspecified atom stereocenters. The molecule has 0 heterocycles. The Morgan fingerprint density at radius 1 is 0.861 bits per heavy atom.